The Balaban J connectivity index is -0.000000192. The van der Waals surface area contributed by atoms with Crippen LogP contribution in [0.1, 0.15) is 25.7 Å². The van der Waals surface area contributed by atoms with Crippen LogP contribution >= 0.6 is 0 Å². The Labute approximate surface area is 214 Å². The molecule has 0 radical (unpaired) electrons. The van der Waals surface area contributed by atoms with Gasteiger partial charge in [-0.3, -0.25) is 9.59 Å². The Morgan fingerprint density at radius 2 is 0.929 bits per heavy atom. The zero-order chi connectivity index (χ0) is 21.3. The van der Waals surface area contributed by atoms with Crippen LogP contribution in [0.3, 0.4) is 0 Å². The number of rotatable bonds is 10. The first-order valence-electron chi connectivity index (χ1n) is 6.28. The van der Waals surface area contributed by atoms with E-state index in [0.717, 1.165) is 0 Å². The van der Waals surface area contributed by atoms with Gasteiger partial charge in [0.15, 0.2) is 5.60 Å². The van der Waals surface area contributed by atoms with Gasteiger partial charge in [0.25, 0.3) is 0 Å². The molecule has 0 aliphatic heterocycles. The van der Waals surface area contributed by atoms with Gasteiger partial charge in [-0.2, -0.15) is 0 Å². The van der Waals surface area contributed by atoms with E-state index < -0.39 is 72.7 Å². The average molecular weight is 445 g/mol. The number of carbonyl (C=O) groups excluding carboxylic acids is 3. The molecule has 0 atom stereocenters. The van der Waals surface area contributed by atoms with Crippen LogP contribution in [0.5, 0.6) is 0 Å². The maximum atomic E-state index is 10.3. The summed E-state index contributed by atoms with van der Waals surface area (Å²) in [6.45, 7) is 0. The molecule has 0 aliphatic carbocycles. The Bertz CT molecular complexity index is 519. The number of hydrogen-bond acceptors (Lipinski definition) is 11. The summed E-state index contributed by atoms with van der Waals surface area (Å²) in [5.74, 6) is -11.0. The normalized spacial score (nSPS) is 10.1. The predicted molar refractivity (Wildman–Crippen MR) is 72.1 cm³/mol. The van der Waals surface area contributed by atoms with E-state index in [1.807, 2.05) is 0 Å². The largest absolute Gasteiger partial charge is 2.00 e. The number of carboxylic acid groups (broad SMARTS) is 6. The van der Waals surface area contributed by atoms with Crippen molar-refractivity contribution in [1.82, 2.24) is 0 Å². The molecule has 0 saturated heterocycles. The van der Waals surface area contributed by atoms with Gasteiger partial charge in [0.05, 0.1) is 18.8 Å². The average Bonchev–Trinajstić information content (AvgIpc) is 2.34. The monoisotopic (exact) mass is 444 g/mol. The van der Waals surface area contributed by atoms with Crippen molar-refractivity contribution in [3.8, 4) is 0 Å². The van der Waals surface area contributed by atoms with Gasteiger partial charge in [-0.1, -0.05) is 0 Å². The van der Waals surface area contributed by atoms with Crippen molar-refractivity contribution < 1.29 is 121 Å². The summed E-state index contributed by atoms with van der Waals surface area (Å²) < 4.78 is 0. The maximum absolute atomic E-state index is 10.3. The maximum Gasteiger partial charge on any atom is 2.00 e. The van der Waals surface area contributed by atoms with E-state index in [1.165, 1.54) is 0 Å². The fraction of sp³-hybridized carbons (Fsp3) is 0.500. The van der Waals surface area contributed by atoms with Crippen LogP contribution in [0.4, 0.5) is 0 Å². The van der Waals surface area contributed by atoms with Crippen LogP contribution in [-0.4, -0.2) is 95.6 Å². The molecule has 0 aromatic heterocycles. The topological polar surface area (TPSA) is 273 Å². The Kier molecular flexibility index (Phi) is 18.6. The molecule has 0 unspecified atom stereocenters. The van der Waals surface area contributed by atoms with Crippen LogP contribution in [0.15, 0.2) is 0 Å². The van der Waals surface area contributed by atoms with E-state index in [4.69, 9.17) is 25.5 Å². The first-order chi connectivity index (χ1) is 11.6. The molecule has 148 valence electrons. The summed E-state index contributed by atoms with van der Waals surface area (Å²) in [7, 11) is 0. The van der Waals surface area contributed by atoms with E-state index in [9.17, 15) is 44.1 Å². The molecule has 0 saturated carbocycles. The first kappa shape index (κ1) is 34.6. The Morgan fingerprint density at radius 1 is 0.643 bits per heavy atom. The first-order valence-corrected chi connectivity index (χ1v) is 6.28. The van der Waals surface area contributed by atoms with Gasteiger partial charge in [0, 0.05) is 24.8 Å². The van der Waals surface area contributed by atoms with E-state index in [1.54, 1.807) is 0 Å². The zero-order valence-electron chi connectivity index (χ0n) is 14.4. The van der Waals surface area contributed by atoms with Crippen molar-refractivity contribution in [3.63, 3.8) is 0 Å². The number of carbonyl (C=O) groups is 6. The van der Waals surface area contributed by atoms with Gasteiger partial charge in [-0.15, -0.1) is 0 Å². The molecule has 0 aromatic rings. The van der Waals surface area contributed by atoms with Gasteiger partial charge in [-0.05, 0) is 0 Å². The molecule has 0 heterocycles. The van der Waals surface area contributed by atoms with Gasteiger partial charge in [0.1, 0.15) is 5.60 Å². The molecular weight excluding hydrogens is 432 g/mol. The van der Waals surface area contributed by atoms with Crippen LogP contribution in [0, 0.1) is 0 Å². The van der Waals surface area contributed by atoms with E-state index in [0.29, 0.717) is 0 Å². The van der Waals surface area contributed by atoms with Crippen molar-refractivity contribution in [1.29, 1.82) is 0 Å². The minimum absolute atomic E-state index is 0. The second-order valence-electron chi connectivity index (χ2n) is 4.89. The Morgan fingerprint density at radius 3 is 1.07 bits per heavy atom. The minimum atomic E-state index is -2.97. The van der Waals surface area contributed by atoms with Crippen LogP contribution in [-0.2, 0) is 28.8 Å². The molecule has 16 heteroatoms. The minimum Gasteiger partial charge on any atom is -0.550 e. The summed E-state index contributed by atoms with van der Waals surface area (Å²) >= 11 is 0. The number of hydrogen-bond donors (Lipinski definition) is 5. The zero-order valence-corrected chi connectivity index (χ0v) is 19.0. The fourth-order valence-corrected chi connectivity index (χ4v) is 1.40. The smallest absolute Gasteiger partial charge is 0.550 e. The molecular formula is C12H13KMgO14. The van der Waals surface area contributed by atoms with E-state index in [-0.39, 0.29) is 74.4 Å². The standard InChI is InChI=1S/2C6H8O7.K.Mg/c2*7-3(8)1-6(13,5(11)12)2-4(9)10;;/h2*13H,1-2H2,(H,7,8)(H,9,10)(H,11,12);;/q;;+1;+2/p-3. The molecule has 5 N–H and O–H groups in total. The summed E-state index contributed by atoms with van der Waals surface area (Å²) in [4.78, 5) is 60.5. The number of aliphatic carboxylic acids is 6. The van der Waals surface area contributed by atoms with Crippen molar-refractivity contribution in [2.24, 2.45) is 0 Å². The molecule has 0 fully saturated rings. The SMILES string of the molecule is O=C(O)CC(O)(CC(=O)O)C(=O)O.O=C([O-])CC(O)(CC(=O)[O-])C(=O)[O-].[K+].[Mg+2]. The molecule has 28 heavy (non-hydrogen) atoms. The number of aliphatic hydroxyl groups is 2. The van der Waals surface area contributed by atoms with Crippen molar-refractivity contribution in [3.05, 3.63) is 0 Å². The third-order valence-electron chi connectivity index (χ3n) is 2.54. The predicted octanol–water partition coefficient (Wildman–Crippen LogP) is -9.88. The van der Waals surface area contributed by atoms with Gasteiger partial charge < -0.3 is 55.2 Å². The summed E-state index contributed by atoms with van der Waals surface area (Å²) in [6.07, 6.45) is -5.00. The second kappa shape index (κ2) is 15.0. The van der Waals surface area contributed by atoms with Crippen LogP contribution < -0.4 is 66.7 Å². The van der Waals surface area contributed by atoms with Crippen LogP contribution in [0.25, 0.3) is 0 Å². The molecule has 0 bridgehead atoms. The number of carboxylic acids is 6. The quantitative estimate of drug-likeness (QED) is 0.196. The summed E-state index contributed by atoms with van der Waals surface area (Å²) in [5.41, 5.74) is -5.71. The van der Waals surface area contributed by atoms with Crippen molar-refractivity contribution >= 4 is 58.9 Å². The summed E-state index contributed by atoms with van der Waals surface area (Å²) in [6, 6.07) is 0. The van der Waals surface area contributed by atoms with Crippen molar-refractivity contribution in [2.45, 2.75) is 36.9 Å². The molecule has 0 aliphatic rings. The fourth-order valence-electron chi connectivity index (χ4n) is 1.40. The molecule has 0 aromatic carbocycles. The molecule has 0 spiro atoms. The van der Waals surface area contributed by atoms with Gasteiger partial charge >= 0.3 is 92.3 Å². The van der Waals surface area contributed by atoms with Crippen LogP contribution in [0.2, 0.25) is 0 Å². The summed E-state index contributed by atoms with van der Waals surface area (Å²) in [5, 5.41) is 72.7. The third-order valence-corrected chi connectivity index (χ3v) is 2.54. The third kappa shape index (κ3) is 15.1. The van der Waals surface area contributed by atoms with E-state index in [2.05, 4.69) is 0 Å². The molecule has 0 rings (SSSR count). The van der Waals surface area contributed by atoms with Gasteiger partial charge in [0.2, 0.25) is 0 Å². The van der Waals surface area contributed by atoms with E-state index >= 15 is 0 Å². The molecule has 0 amide bonds. The van der Waals surface area contributed by atoms with Gasteiger partial charge in [-0.25, -0.2) is 4.79 Å². The Hall–Kier alpha value is -0.857. The second-order valence-corrected chi connectivity index (χ2v) is 4.89. The molecule has 14 nitrogen and oxygen atoms in total. The van der Waals surface area contributed by atoms with Crippen molar-refractivity contribution in [2.75, 3.05) is 0 Å².